The van der Waals surface area contributed by atoms with Crippen molar-refractivity contribution in [2.24, 2.45) is 0 Å². The number of rotatable bonds is 1. The first-order chi connectivity index (χ1) is 6.58. The number of carboxylic acid groups (broad SMARTS) is 1. The van der Waals surface area contributed by atoms with Crippen LogP contribution in [0, 0.1) is 5.82 Å². The molecule has 14 heavy (non-hydrogen) atoms. The molecule has 2 aromatic rings. The number of aromatic nitrogens is 1. The molecule has 0 saturated heterocycles. The van der Waals surface area contributed by atoms with Crippen LogP contribution in [0.3, 0.4) is 0 Å². The summed E-state index contributed by atoms with van der Waals surface area (Å²) < 4.78 is 15.3. The smallest absolute Gasteiger partial charge is 0.337 e. The van der Waals surface area contributed by atoms with Crippen LogP contribution in [0.25, 0.3) is 5.52 Å². The number of hydrogen-bond donors (Lipinski definition) is 1. The van der Waals surface area contributed by atoms with Gasteiger partial charge in [0.15, 0.2) is 0 Å². The third-order valence-electron chi connectivity index (χ3n) is 1.87. The zero-order valence-corrected chi connectivity index (χ0v) is 8.45. The van der Waals surface area contributed by atoms with Gasteiger partial charge in [0.05, 0.1) is 11.1 Å². The Kier molecular flexibility index (Phi) is 2.03. The molecule has 72 valence electrons. The SMILES string of the molecule is O=C(O)c1cc2c(F)cc(Br)cn2c1. The monoisotopic (exact) mass is 257 g/mol. The number of aromatic carboxylic acids is 1. The quantitative estimate of drug-likeness (QED) is 0.853. The first-order valence-electron chi connectivity index (χ1n) is 3.78. The standard InChI is InChI=1S/C9H5BrFNO2/c10-6-2-7(11)8-1-5(9(13)14)3-12(8)4-6/h1-4H,(H,13,14). The van der Waals surface area contributed by atoms with Crippen molar-refractivity contribution in [1.29, 1.82) is 0 Å². The van der Waals surface area contributed by atoms with Gasteiger partial charge in [-0.25, -0.2) is 9.18 Å². The zero-order chi connectivity index (χ0) is 10.3. The number of halogens is 2. The van der Waals surface area contributed by atoms with Gasteiger partial charge in [-0.05, 0) is 28.1 Å². The van der Waals surface area contributed by atoms with Crippen LogP contribution in [-0.4, -0.2) is 15.5 Å². The predicted octanol–water partition coefficient (Wildman–Crippen LogP) is 2.54. The second-order valence-corrected chi connectivity index (χ2v) is 3.75. The van der Waals surface area contributed by atoms with Crippen molar-refractivity contribution in [1.82, 2.24) is 4.40 Å². The second-order valence-electron chi connectivity index (χ2n) is 2.83. The Hall–Kier alpha value is -1.36. The number of carbonyl (C=O) groups is 1. The summed E-state index contributed by atoms with van der Waals surface area (Å²) >= 11 is 3.12. The van der Waals surface area contributed by atoms with Crippen LogP contribution in [0.2, 0.25) is 0 Å². The molecule has 0 fully saturated rings. The minimum absolute atomic E-state index is 0.0713. The molecule has 2 rings (SSSR count). The highest BCUT2D eigenvalue weighted by Crippen LogP contribution is 2.19. The minimum Gasteiger partial charge on any atom is -0.478 e. The van der Waals surface area contributed by atoms with E-state index in [1.807, 2.05) is 0 Å². The maximum atomic E-state index is 13.3. The second kappa shape index (κ2) is 3.09. The van der Waals surface area contributed by atoms with Crippen LogP contribution in [0.5, 0.6) is 0 Å². The Morgan fingerprint density at radius 1 is 1.43 bits per heavy atom. The summed E-state index contributed by atoms with van der Waals surface area (Å²) in [6, 6.07) is 2.59. The van der Waals surface area contributed by atoms with Crippen molar-refractivity contribution in [3.63, 3.8) is 0 Å². The molecule has 0 aromatic carbocycles. The van der Waals surface area contributed by atoms with Crippen LogP contribution in [0.4, 0.5) is 4.39 Å². The molecule has 0 aliphatic heterocycles. The Bertz CT molecular complexity index is 521. The van der Waals surface area contributed by atoms with Gasteiger partial charge in [0.1, 0.15) is 5.82 Å². The number of nitrogens with zero attached hydrogens (tertiary/aromatic N) is 1. The lowest BCUT2D eigenvalue weighted by Gasteiger charge is -1.96. The highest BCUT2D eigenvalue weighted by Gasteiger charge is 2.09. The van der Waals surface area contributed by atoms with E-state index >= 15 is 0 Å². The van der Waals surface area contributed by atoms with Gasteiger partial charge in [0.25, 0.3) is 0 Å². The summed E-state index contributed by atoms with van der Waals surface area (Å²) in [7, 11) is 0. The van der Waals surface area contributed by atoms with E-state index in [1.165, 1.54) is 22.7 Å². The molecule has 0 unspecified atom stereocenters. The van der Waals surface area contributed by atoms with Gasteiger partial charge >= 0.3 is 5.97 Å². The van der Waals surface area contributed by atoms with Crippen molar-refractivity contribution in [2.75, 3.05) is 0 Å². The molecule has 0 amide bonds. The summed E-state index contributed by atoms with van der Waals surface area (Å²) in [4.78, 5) is 10.6. The molecule has 0 spiro atoms. The molecular weight excluding hydrogens is 253 g/mol. The average Bonchev–Trinajstić information content (AvgIpc) is 2.47. The zero-order valence-electron chi connectivity index (χ0n) is 6.87. The lowest BCUT2D eigenvalue weighted by molar-refractivity contribution is 0.0697. The molecule has 1 N–H and O–H groups in total. The molecule has 0 saturated carbocycles. The van der Waals surface area contributed by atoms with Gasteiger partial charge in [-0.1, -0.05) is 0 Å². The molecule has 2 aromatic heterocycles. The third kappa shape index (κ3) is 1.39. The highest BCUT2D eigenvalue weighted by molar-refractivity contribution is 9.10. The molecular formula is C9H5BrFNO2. The number of fused-ring (bicyclic) bond motifs is 1. The van der Waals surface area contributed by atoms with Crippen LogP contribution < -0.4 is 0 Å². The van der Waals surface area contributed by atoms with Crippen molar-refractivity contribution >= 4 is 27.4 Å². The molecule has 3 nitrogen and oxygen atoms in total. The van der Waals surface area contributed by atoms with Crippen LogP contribution in [0.1, 0.15) is 10.4 Å². The van der Waals surface area contributed by atoms with E-state index in [1.54, 1.807) is 6.20 Å². The van der Waals surface area contributed by atoms with E-state index in [9.17, 15) is 9.18 Å². The summed E-state index contributed by atoms with van der Waals surface area (Å²) in [5.74, 6) is -1.52. The number of pyridine rings is 1. The van der Waals surface area contributed by atoms with E-state index in [0.29, 0.717) is 4.47 Å². The molecule has 0 radical (unpaired) electrons. The Morgan fingerprint density at radius 3 is 2.79 bits per heavy atom. The topological polar surface area (TPSA) is 41.7 Å². The van der Waals surface area contributed by atoms with Gasteiger partial charge in [0, 0.05) is 16.9 Å². The van der Waals surface area contributed by atoms with Gasteiger partial charge in [-0.15, -0.1) is 0 Å². The van der Waals surface area contributed by atoms with Crippen molar-refractivity contribution < 1.29 is 14.3 Å². The van der Waals surface area contributed by atoms with Gasteiger partial charge in [-0.3, -0.25) is 0 Å². The summed E-state index contributed by atoms with van der Waals surface area (Å²) in [6.07, 6.45) is 2.97. The van der Waals surface area contributed by atoms with E-state index < -0.39 is 11.8 Å². The van der Waals surface area contributed by atoms with Crippen molar-refractivity contribution in [3.05, 3.63) is 40.4 Å². The molecule has 2 heterocycles. The molecule has 0 aliphatic carbocycles. The minimum atomic E-state index is -1.07. The first kappa shape index (κ1) is 9.21. The maximum Gasteiger partial charge on any atom is 0.337 e. The van der Waals surface area contributed by atoms with Crippen LogP contribution in [0.15, 0.2) is 29.0 Å². The van der Waals surface area contributed by atoms with Crippen LogP contribution >= 0.6 is 15.9 Å². The lowest BCUT2D eigenvalue weighted by atomic mass is 10.3. The molecule has 5 heteroatoms. The fourth-order valence-electron chi connectivity index (χ4n) is 1.26. The number of carboxylic acids is 1. The van der Waals surface area contributed by atoms with Crippen molar-refractivity contribution in [2.45, 2.75) is 0 Å². The van der Waals surface area contributed by atoms with Crippen molar-refractivity contribution in [3.8, 4) is 0 Å². The highest BCUT2D eigenvalue weighted by atomic mass is 79.9. The largest absolute Gasteiger partial charge is 0.478 e. The first-order valence-corrected chi connectivity index (χ1v) is 4.57. The summed E-state index contributed by atoms with van der Waals surface area (Å²) in [5, 5.41) is 8.70. The van der Waals surface area contributed by atoms with E-state index in [4.69, 9.17) is 5.11 Å². The van der Waals surface area contributed by atoms with Gasteiger partial charge in [-0.2, -0.15) is 0 Å². The summed E-state index contributed by atoms with van der Waals surface area (Å²) in [5.41, 5.74) is 0.326. The normalized spacial score (nSPS) is 10.7. The fraction of sp³-hybridized carbons (Fsp3) is 0. The van der Waals surface area contributed by atoms with E-state index in [2.05, 4.69) is 15.9 Å². The third-order valence-corrected chi connectivity index (χ3v) is 2.30. The average molecular weight is 258 g/mol. The van der Waals surface area contributed by atoms with Gasteiger partial charge in [0.2, 0.25) is 0 Å². The fourth-order valence-corrected chi connectivity index (χ4v) is 1.68. The lowest BCUT2D eigenvalue weighted by Crippen LogP contribution is -1.92. The molecule has 0 aliphatic rings. The maximum absolute atomic E-state index is 13.3. The molecule has 0 bridgehead atoms. The molecule has 0 atom stereocenters. The Balaban J connectivity index is 2.76. The summed E-state index contributed by atoms with van der Waals surface area (Å²) in [6.45, 7) is 0. The van der Waals surface area contributed by atoms with E-state index in [0.717, 1.165) is 0 Å². The van der Waals surface area contributed by atoms with E-state index in [-0.39, 0.29) is 11.1 Å². The van der Waals surface area contributed by atoms with Gasteiger partial charge < -0.3 is 9.51 Å². The Morgan fingerprint density at radius 2 is 2.14 bits per heavy atom. The Labute approximate surface area is 86.9 Å². The predicted molar refractivity (Wildman–Crippen MR) is 52.0 cm³/mol. The number of hydrogen-bond acceptors (Lipinski definition) is 1. The van der Waals surface area contributed by atoms with Crippen LogP contribution in [-0.2, 0) is 0 Å².